The zero-order chi connectivity index (χ0) is 33.7. The van der Waals surface area contributed by atoms with Crippen LogP contribution in [0.3, 0.4) is 0 Å². The summed E-state index contributed by atoms with van der Waals surface area (Å²) in [5.41, 5.74) is 2.01. The van der Waals surface area contributed by atoms with Crippen molar-refractivity contribution in [3.05, 3.63) is 77.9 Å². The van der Waals surface area contributed by atoms with Gasteiger partial charge < -0.3 is 14.6 Å². The number of ketones is 1. The number of aromatic hydroxyl groups is 1. The molecule has 0 aliphatic carbocycles. The normalized spacial score (nSPS) is 14.8. The summed E-state index contributed by atoms with van der Waals surface area (Å²) in [6, 6.07) is 19.8. The van der Waals surface area contributed by atoms with Crippen molar-refractivity contribution in [2.45, 2.75) is 90.9 Å². The lowest BCUT2D eigenvalue weighted by Crippen LogP contribution is -2.25. The Morgan fingerprint density at radius 1 is 0.854 bits per heavy atom. The van der Waals surface area contributed by atoms with Gasteiger partial charge in [-0.2, -0.15) is 0 Å². The van der Waals surface area contributed by atoms with Crippen LogP contribution in [0.5, 0.6) is 17.2 Å². The number of hydrogen-bond acceptors (Lipinski definition) is 7. The van der Waals surface area contributed by atoms with Crippen LogP contribution in [-0.4, -0.2) is 48.0 Å². The number of esters is 1. The lowest BCUT2D eigenvalue weighted by Gasteiger charge is -2.15. The van der Waals surface area contributed by atoms with Crippen LogP contribution in [0, 0.1) is 5.92 Å². The zero-order valence-corrected chi connectivity index (χ0v) is 29.5. The summed E-state index contributed by atoms with van der Waals surface area (Å²) in [6.07, 6.45) is 13.8. The first kappa shape index (κ1) is 35.6. The molecule has 1 unspecified atom stereocenters. The number of phenolic OH excluding ortho intramolecular Hbond substituents is 1. The van der Waals surface area contributed by atoms with Gasteiger partial charge in [0.15, 0.2) is 5.78 Å². The van der Waals surface area contributed by atoms with Gasteiger partial charge >= 0.3 is 5.97 Å². The monoisotopic (exact) mass is 669 g/mol. The molecule has 0 bridgehead atoms. The highest BCUT2D eigenvalue weighted by Gasteiger charge is 2.23. The van der Waals surface area contributed by atoms with E-state index in [1.807, 2.05) is 48.5 Å². The van der Waals surface area contributed by atoms with Crippen molar-refractivity contribution in [2.75, 3.05) is 26.2 Å². The first-order valence-corrected chi connectivity index (χ1v) is 18.8. The van der Waals surface area contributed by atoms with E-state index in [2.05, 4.69) is 18.7 Å². The minimum Gasteiger partial charge on any atom is -0.508 e. The summed E-state index contributed by atoms with van der Waals surface area (Å²) >= 11 is 1.49. The van der Waals surface area contributed by atoms with Crippen LogP contribution >= 0.6 is 11.3 Å². The fraction of sp³-hybridized carbons (Fsp3) is 0.463. The van der Waals surface area contributed by atoms with Gasteiger partial charge in [-0.3, -0.25) is 14.5 Å². The quantitative estimate of drug-likeness (QED) is 0.0463. The Morgan fingerprint density at radius 3 is 2.19 bits per heavy atom. The number of benzene rings is 3. The Kier molecular flexibility index (Phi) is 13.5. The smallest absolute Gasteiger partial charge is 0.311 e. The maximum atomic E-state index is 14.1. The molecule has 1 aliphatic heterocycles. The summed E-state index contributed by atoms with van der Waals surface area (Å²) in [4.78, 5) is 30.0. The van der Waals surface area contributed by atoms with Crippen molar-refractivity contribution in [3.63, 3.8) is 0 Å². The largest absolute Gasteiger partial charge is 0.508 e. The maximum Gasteiger partial charge on any atom is 0.311 e. The van der Waals surface area contributed by atoms with Crippen LogP contribution in [0.4, 0.5) is 0 Å². The van der Waals surface area contributed by atoms with Crippen LogP contribution in [0.15, 0.2) is 66.7 Å². The number of thiophene rings is 1. The van der Waals surface area contributed by atoms with Crippen molar-refractivity contribution in [1.29, 1.82) is 0 Å². The van der Waals surface area contributed by atoms with Crippen LogP contribution in [-0.2, 0) is 4.79 Å². The predicted molar refractivity (Wildman–Crippen MR) is 197 cm³/mol. The van der Waals surface area contributed by atoms with E-state index in [0.29, 0.717) is 29.9 Å². The molecule has 2 heterocycles. The van der Waals surface area contributed by atoms with Gasteiger partial charge in [-0.05, 0) is 97.6 Å². The summed E-state index contributed by atoms with van der Waals surface area (Å²) in [6.45, 7) is 8.30. The molecule has 1 aromatic heterocycles. The third kappa shape index (κ3) is 10.2. The number of nitrogens with zero attached hydrogens (tertiary/aromatic N) is 1. The van der Waals surface area contributed by atoms with E-state index in [1.54, 1.807) is 18.2 Å². The van der Waals surface area contributed by atoms with Crippen LogP contribution in [0.25, 0.3) is 20.5 Å². The summed E-state index contributed by atoms with van der Waals surface area (Å²) in [5.74, 6) is 1.83. The van der Waals surface area contributed by atoms with E-state index in [-0.39, 0.29) is 17.5 Å². The van der Waals surface area contributed by atoms with E-state index < -0.39 is 0 Å². The second-order valence-corrected chi connectivity index (χ2v) is 14.4. The number of likely N-dealkylation sites (tertiary alicyclic amines) is 1. The van der Waals surface area contributed by atoms with Gasteiger partial charge in [-0.25, -0.2) is 0 Å². The van der Waals surface area contributed by atoms with Crippen molar-refractivity contribution in [1.82, 2.24) is 4.90 Å². The van der Waals surface area contributed by atoms with Gasteiger partial charge in [0.2, 0.25) is 0 Å². The highest BCUT2D eigenvalue weighted by atomic mass is 32.1. The lowest BCUT2D eigenvalue weighted by atomic mass is 9.97. The molecule has 1 fully saturated rings. The van der Waals surface area contributed by atoms with E-state index >= 15 is 0 Å². The van der Waals surface area contributed by atoms with Gasteiger partial charge in [0.05, 0.1) is 0 Å². The molecule has 48 heavy (non-hydrogen) atoms. The molecule has 0 saturated carbocycles. The van der Waals surface area contributed by atoms with Crippen molar-refractivity contribution in [2.24, 2.45) is 5.92 Å². The lowest BCUT2D eigenvalue weighted by molar-refractivity contribution is -0.134. The molecule has 7 heteroatoms. The summed E-state index contributed by atoms with van der Waals surface area (Å²) in [5, 5.41) is 10.7. The van der Waals surface area contributed by atoms with E-state index in [9.17, 15) is 14.7 Å². The average molecular weight is 670 g/mol. The third-order valence-electron chi connectivity index (χ3n) is 9.28. The molecular weight excluding hydrogens is 619 g/mol. The fourth-order valence-corrected chi connectivity index (χ4v) is 7.72. The SMILES string of the molecule is CCCCCCCCCCCCC(=O)Oc1ccc2c(C(=O)c3ccc(OCCN4CCC(C)C4)cc3)c(-c3ccc(O)cc3)sc2c1. The van der Waals surface area contributed by atoms with Gasteiger partial charge in [0.1, 0.15) is 23.9 Å². The Bertz CT molecular complexity index is 1610. The fourth-order valence-electron chi connectivity index (χ4n) is 6.49. The minimum atomic E-state index is -0.224. The topological polar surface area (TPSA) is 76.1 Å². The molecule has 0 spiro atoms. The predicted octanol–water partition coefficient (Wildman–Crippen LogP) is 10.4. The molecule has 1 saturated heterocycles. The standard InChI is InChI=1S/C41H51NO5S/c1-3-4-5-6-7-8-9-10-11-12-13-38(44)47-35-22-23-36-37(28-35)48-41(32-14-18-33(43)19-15-32)39(36)40(45)31-16-20-34(21-17-31)46-27-26-42-25-24-30(2)29-42/h14-23,28,30,43H,3-13,24-27,29H2,1-2H3. The van der Waals surface area contributed by atoms with Gasteiger partial charge in [-0.15, -0.1) is 11.3 Å². The number of hydrogen-bond donors (Lipinski definition) is 1. The molecule has 1 atom stereocenters. The molecule has 0 radical (unpaired) electrons. The number of unbranched alkanes of at least 4 members (excludes halogenated alkanes) is 9. The van der Waals surface area contributed by atoms with Crippen LogP contribution < -0.4 is 9.47 Å². The molecule has 6 nitrogen and oxygen atoms in total. The summed E-state index contributed by atoms with van der Waals surface area (Å²) < 4.78 is 12.6. The Labute approximate surface area is 290 Å². The van der Waals surface area contributed by atoms with E-state index in [0.717, 1.165) is 71.1 Å². The van der Waals surface area contributed by atoms with Gasteiger partial charge in [-0.1, -0.05) is 71.6 Å². The molecule has 256 valence electrons. The zero-order valence-electron chi connectivity index (χ0n) is 28.7. The molecular formula is C41H51NO5S. The summed E-state index contributed by atoms with van der Waals surface area (Å²) in [7, 11) is 0. The first-order chi connectivity index (χ1) is 23.4. The Morgan fingerprint density at radius 2 is 1.52 bits per heavy atom. The Hall–Kier alpha value is -3.68. The second kappa shape index (κ2) is 18.2. The highest BCUT2D eigenvalue weighted by molar-refractivity contribution is 7.22. The Balaban J connectivity index is 1.22. The molecule has 4 aromatic rings. The van der Waals surface area contributed by atoms with Gasteiger partial charge in [0, 0.05) is 45.6 Å². The molecule has 5 rings (SSSR count). The van der Waals surface area contributed by atoms with E-state index in [1.165, 1.54) is 62.7 Å². The van der Waals surface area contributed by atoms with Crippen LogP contribution in [0.2, 0.25) is 0 Å². The number of phenols is 1. The number of rotatable bonds is 19. The molecule has 1 aliphatic rings. The number of carbonyl (C=O) groups excluding carboxylic acids is 2. The maximum absolute atomic E-state index is 14.1. The number of fused-ring (bicyclic) bond motifs is 1. The second-order valence-electron chi connectivity index (χ2n) is 13.3. The average Bonchev–Trinajstić information content (AvgIpc) is 3.68. The van der Waals surface area contributed by atoms with Crippen LogP contribution in [0.1, 0.15) is 107 Å². The van der Waals surface area contributed by atoms with Gasteiger partial charge in [0.25, 0.3) is 0 Å². The highest BCUT2D eigenvalue weighted by Crippen LogP contribution is 2.42. The van der Waals surface area contributed by atoms with E-state index in [4.69, 9.17) is 9.47 Å². The van der Waals surface area contributed by atoms with Crippen molar-refractivity contribution >= 4 is 33.2 Å². The van der Waals surface area contributed by atoms with Crippen molar-refractivity contribution in [3.8, 4) is 27.7 Å². The third-order valence-corrected chi connectivity index (χ3v) is 10.5. The minimum absolute atomic E-state index is 0.0902. The molecule has 0 amide bonds. The molecule has 1 N–H and O–H groups in total. The number of ether oxygens (including phenoxy) is 2. The molecule has 3 aromatic carbocycles. The van der Waals surface area contributed by atoms with Crippen molar-refractivity contribution < 1.29 is 24.2 Å². The first-order valence-electron chi connectivity index (χ1n) is 18.0. The number of carbonyl (C=O) groups is 2.